The number of nitrogens with zero attached hydrogens (tertiary/aromatic N) is 2. The predicted octanol–water partition coefficient (Wildman–Crippen LogP) is 1.98. The standard InChI is InChI=1S/C9H3F3N2/c10-9(11,12)8-5-1-3-7(14-8)4-2-6-13/h1,3,5H. The zero-order valence-corrected chi connectivity index (χ0v) is 6.76. The molecule has 0 aromatic carbocycles. The second-order valence-corrected chi connectivity index (χ2v) is 2.27. The van der Waals surface area contributed by atoms with Gasteiger partial charge in [0.15, 0.2) is 6.07 Å². The van der Waals surface area contributed by atoms with E-state index in [-0.39, 0.29) is 5.69 Å². The molecule has 1 heterocycles. The van der Waals surface area contributed by atoms with Crippen LogP contribution in [0.25, 0.3) is 0 Å². The third-order valence-corrected chi connectivity index (χ3v) is 1.29. The lowest BCUT2D eigenvalue weighted by molar-refractivity contribution is -0.141. The van der Waals surface area contributed by atoms with Gasteiger partial charge in [-0.1, -0.05) is 6.07 Å². The molecule has 0 fully saturated rings. The molecule has 1 rings (SSSR count). The molecule has 0 aliphatic carbocycles. The number of hydrogen-bond acceptors (Lipinski definition) is 2. The summed E-state index contributed by atoms with van der Waals surface area (Å²) in [5.74, 6) is 4.15. The predicted molar refractivity (Wildman–Crippen MR) is 41.7 cm³/mol. The largest absolute Gasteiger partial charge is 0.433 e. The fourth-order valence-electron chi connectivity index (χ4n) is 0.754. The summed E-state index contributed by atoms with van der Waals surface area (Å²) in [7, 11) is 0. The summed E-state index contributed by atoms with van der Waals surface area (Å²) in [4.78, 5) is 3.23. The van der Waals surface area contributed by atoms with Gasteiger partial charge >= 0.3 is 6.18 Å². The summed E-state index contributed by atoms with van der Waals surface area (Å²) in [6.07, 6.45) is -4.48. The Balaban J connectivity index is 3.09. The van der Waals surface area contributed by atoms with Crippen LogP contribution in [0.5, 0.6) is 0 Å². The Morgan fingerprint density at radius 2 is 2.00 bits per heavy atom. The maximum atomic E-state index is 12.1. The summed E-state index contributed by atoms with van der Waals surface area (Å²) in [6, 6.07) is 4.83. The van der Waals surface area contributed by atoms with E-state index in [0.29, 0.717) is 0 Å². The minimum atomic E-state index is -4.48. The van der Waals surface area contributed by atoms with Crippen LogP contribution in [0.2, 0.25) is 0 Å². The molecule has 2 nitrogen and oxygen atoms in total. The molecule has 1 aromatic heterocycles. The smallest absolute Gasteiger partial charge is 0.235 e. The zero-order valence-electron chi connectivity index (χ0n) is 6.76. The van der Waals surface area contributed by atoms with Crippen LogP contribution in [-0.2, 0) is 6.18 Å². The van der Waals surface area contributed by atoms with Gasteiger partial charge in [-0.15, -0.1) is 0 Å². The third-order valence-electron chi connectivity index (χ3n) is 1.29. The first-order chi connectivity index (χ1) is 6.54. The highest BCUT2D eigenvalue weighted by Crippen LogP contribution is 2.27. The molecule has 0 spiro atoms. The quantitative estimate of drug-likeness (QED) is 0.595. The van der Waals surface area contributed by atoms with Gasteiger partial charge in [0, 0.05) is 5.92 Å². The van der Waals surface area contributed by atoms with E-state index in [9.17, 15) is 13.2 Å². The Hall–Kier alpha value is -2.01. The molecule has 5 heteroatoms. The number of hydrogen-bond donors (Lipinski definition) is 0. The molecule has 0 bridgehead atoms. The van der Waals surface area contributed by atoms with Gasteiger partial charge in [-0.05, 0) is 18.1 Å². The maximum Gasteiger partial charge on any atom is 0.433 e. The molecule has 0 N–H and O–H groups in total. The fourth-order valence-corrected chi connectivity index (χ4v) is 0.754. The Morgan fingerprint density at radius 3 is 2.57 bits per heavy atom. The van der Waals surface area contributed by atoms with Gasteiger partial charge in [0.25, 0.3) is 0 Å². The number of halogens is 3. The SMILES string of the molecule is N#CC#Cc1cccc(C(F)(F)F)n1. The van der Waals surface area contributed by atoms with E-state index < -0.39 is 11.9 Å². The Kier molecular flexibility index (Phi) is 2.73. The maximum absolute atomic E-state index is 12.1. The lowest BCUT2D eigenvalue weighted by Crippen LogP contribution is -2.08. The van der Waals surface area contributed by atoms with E-state index >= 15 is 0 Å². The van der Waals surface area contributed by atoms with Crippen LogP contribution in [0.15, 0.2) is 18.2 Å². The molecule has 14 heavy (non-hydrogen) atoms. The lowest BCUT2D eigenvalue weighted by atomic mass is 10.3. The first-order valence-corrected chi connectivity index (χ1v) is 3.48. The van der Waals surface area contributed by atoms with Crippen molar-refractivity contribution in [3.8, 4) is 17.9 Å². The molecule has 0 unspecified atom stereocenters. The molecule has 0 radical (unpaired) electrons. The summed E-state index contributed by atoms with van der Waals surface area (Å²) < 4.78 is 36.3. The van der Waals surface area contributed by atoms with E-state index in [0.717, 1.165) is 6.07 Å². The van der Waals surface area contributed by atoms with Crippen molar-refractivity contribution in [3.63, 3.8) is 0 Å². The van der Waals surface area contributed by atoms with Gasteiger partial charge in [-0.25, -0.2) is 4.98 Å². The van der Waals surface area contributed by atoms with Gasteiger partial charge in [0.05, 0.1) is 0 Å². The van der Waals surface area contributed by atoms with E-state index in [2.05, 4.69) is 10.9 Å². The molecule has 0 amide bonds. The second-order valence-electron chi connectivity index (χ2n) is 2.27. The first kappa shape index (κ1) is 10.1. The fraction of sp³-hybridized carbons (Fsp3) is 0.111. The average molecular weight is 196 g/mol. The van der Waals surface area contributed by atoms with E-state index in [1.54, 1.807) is 0 Å². The van der Waals surface area contributed by atoms with Crippen LogP contribution in [-0.4, -0.2) is 4.98 Å². The van der Waals surface area contributed by atoms with Crippen LogP contribution in [0.4, 0.5) is 13.2 Å². The van der Waals surface area contributed by atoms with Crippen molar-refractivity contribution in [3.05, 3.63) is 29.6 Å². The normalized spacial score (nSPS) is 9.86. The van der Waals surface area contributed by atoms with Gasteiger partial charge in [0.2, 0.25) is 0 Å². The summed E-state index contributed by atoms with van der Waals surface area (Å²) in [6.45, 7) is 0. The van der Waals surface area contributed by atoms with Crippen molar-refractivity contribution < 1.29 is 13.2 Å². The average Bonchev–Trinajstić information content (AvgIpc) is 2.14. The van der Waals surface area contributed by atoms with E-state index in [4.69, 9.17) is 5.26 Å². The molecular formula is C9H3F3N2. The van der Waals surface area contributed by atoms with Crippen molar-refractivity contribution in [2.24, 2.45) is 0 Å². The molecular weight excluding hydrogens is 193 g/mol. The van der Waals surface area contributed by atoms with Gasteiger partial charge in [-0.3, -0.25) is 0 Å². The van der Waals surface area contributed by atoms with Gasteiger partial charge < -0.3 is 0 Å². The summed E-state index contributed by atoms with van der Waals surface area (Å²) >= 11 is 0. The Bertz CT molecular complexity index is 432. The summed E-state index contributed by atoms with van der Waals surface area (Å²) in [5, 5.41) is 8.08. The molecule has 0 aliphatic rings. The summed E-state index contributed by atoms with van der Waals surface area (Å²) in [5.41, 5.74) is -1.08. The second kappa shape index (κ2) is 3.80. The van der Waals surface area contributed by atoms with Crippen LogP contribution in [0.3, 0.4) is 0 Å². The zero-order chi connectivity index (χ0) is 10.6. The Morgan fingerprint density at radius 1 is 1.29 bits per heavy atom. The molecule has 1 aromatic rings. The van der Waals surface area contributed by atoms with Crippen LogP contribution < -0.4 is 0 Å². The number of rotatable bonds is 0. The number of aromatic nitrogens is 1. The Labute approximate surface area is 78.0 Å². The number of alkyl halides is 3. The number of pyridine rings is 1. The highest BCUT2D eigenvalue weighted by Gasteiger charge is 2.32. The highest BCUT2D eigenvalue weighted by atomic mass is 19.4. The third kappa shape index (κ3) is 2.49. The van der Waals surface area contributed by atoms with Crippen molar-refractivity contribution in [2.75, 3.05) is 0 Å². The number of nitriles is 1. The lowest BCUT2D eigenvalue weighted by Gasteiger charge is -2.04. The van der Waals surface area contributed by atoms with Crippen molar-refractivity contribution in [2.45, 2.75) is 6.18 Å². The molecule has 0 aliphatic heterocycles. The van der Waals surface area contributed by atoms with Crippen LogP contribution in [0, 0.1) is 23.2 Å². The first-order valence-electron chi connectivity index (χ1n) is 3.48. The van der Waals surface area contributed by atoms with E-state index in [1.165, 1.54) is 18.2 Å². The molecule has 0 saturated carbocycles. The van der Waals surface area contributed by atoms with Crippen LogP contribution in [0.1, 0.15) is 11.4 Å². The van der Waals surface area contributed by atoms with Crippen molar-refractivity contribution in [1.29, 1.82) is 5.26 Å². The van der Waals surface area contributed by atoms with E-state index in [1.807, 2.05) is 5.92 Å². The minimum Gasteiger partial charge on any atom is -0.235 e. The molecule has 70 valence electrons. The van der Waals surface area contributed by atoms with Crippen LogP contribution >= 0.6 is 0 Å². The van der Waals surface area contributed by atoms with Gasteiger partial charge in [0.1, 0.15) is 11.4 Å². The van der Waals surface area contributed by atoms with Crippen molar-refractivity contribution in [1.82, 2.24) is 4.98 Å². The topological polar surface area (TPSA) is 36.7 Å². The monoisotopic (exact) mass is 196 g/mol. The highest BCUT2D eigenvalue weighted by molar-refractivity contribution is 5.33. The van der Waals surface area contributed by atoms with Crippen molar-refractivity contribution >= 4 is 0 Å². The minimum absolute atomic E-state index is 0.0682. The molecule has 0 saturated heterocycles. The molecule has 0 atom stereocenters. The van der Waals surface area contributed by atoms with Gasteiger partial charge in [-0.2, -0.15) is 18.4 Å².